The van der Waals surface area contributed by atoms with E-state index in [4.69, 9.17) is 4.74 Å². The normalized spacial score (nSPS) is 22.1. The number of benzene rings is 2. The standard InChI is InChI=1S/C20H24N2O3.ClH/c23-18-15-21-13-12-20(18,16-7-3-1-4-8-16)22-19(24)11-14-25-17-9-5-2-6-10-17;/h1-10,18,21,23H,11-15H2,(H,22,24);1H/t18-,20+;/m1./s1. The minimum absolute atomic E-state index is 0. The van der Waals surface area contributed by atoms with Crippen molar-refractivity contribution < 1.29 is 14.6 Å². The molecule has 5 nitrogen and oxygen atoms in total. The fraction of sp³-hybridized carbons (Fsp3) is 0.350. The molecule has 26 heavy (non-hydrogen) atoms. The quantitative estimate of drug-likeness (QED) is 0.723. The molecule has 1 heterocycles. The number of β-amino-alcohol motifs (C(OH)–C–C–N with tert-alkyl or cyclic N) is 1. The number of hydrogen-bond donors (Lipinski definition) is 3. The highest BCUT2D eigenvalue weighted by Gasteiger charge is 2.42. The molecule has 0 radical (unpaired) electrons. The first kappa shape index (κ1) is 20.2. The molecule has 2 aromatic carbocycles. The number of nitrogens with one attached hydrogen (secondary N) is 2. The average molecular weight is 377 g/mol. The van der Waals surface area contributed by atoms with Crippen LogP contribution in [0.3, 0.4) is 0 Å². The van der Waals surface area contributed by atoms with Gasteiger partial charge in [0.25, 0.3) is 0 Å². The Kier molecular flexibility index (Phi) is 7.45. The molecule has 6 heteroatoms. The van der Waals surface area contributed by atoms with Crippen LogP contribution in [0.4, 0.5) is 0 Å². The van der Waals surface area contributed by atoms with Gasteiger partial charge in [-0.15, -0.1) is 12.4 Å². The maximum Gasteiger partial charge on any atom is 0.224 e. The third kappa shape index (κ3) is 4.75. The van der Waals surface area contributed by atoms with E-state index in [2.05, 4.69) is 10.6 Å². The topological polar surface area (TPSA) is 70.6 Å². The summed E-state index contributed by atoms with van der Waals surface area (Å²) in [5.41, 5.74) is 0.178. The first-order valence-corrected chi connectivity index (χ1v) is 8.64. The van der Waals surface area contributed by atoms with Gasteiger partial charge in [-0.2, -0.15) is 0 Å². The van der Waals surface area contributed by atoms with Crippen LogP contribution in [-0.4, -0.2) is 36.8 Å². The van der Waals surface area contributed by atoms with E-state index in [1.54, 1.807) is 0 Å². The lowest BCUT2D eigenvalue weighted by atomic mass is 9.79. The van der Waals surface area contributed by atoms with E-state index in [1.807, 2.05) is 60.7 Å². The average Bonchev–Trinajstić information content (AvgIpc) is 2.65. The van der Waals surface area contributed by atoms with Gasteiger partial charge >= 0.3 is 0 Å². The van der Waals surface area contributed by atoms with Crippen molar-refractivity contribution in [1.82, 2.24) is 10.6 Å². The summed E-state index contributed by atoms with van der Waals surface area (Å²) < 4.78 is 5.60. The van der Waals surface area contributed by atoms with Crippen molar-refractivity contribution in [2.45, 2.75) is 24.5 Å². The molecule has 0 spiro atoms. The van der Waals surface area contributed by atoms with Gasteiger partial charge in [0.15, 0.2) is 0 Å². The molecule has 1 aliphatic heterocycles. The fourth-order valence-corrected chi connectivity index (χ4v) is 3.25. The summed E-state index contributed by atoms with van der Waals surface area (Å²) in [4.78, 5) is 12.5. The van der Waals surface area contributed by atoms with Crippen LogP contribution in [0.25, 0.3) is 0 Å². The van der Waals surface area contributed by atoms with E-state index in [0.717, 1.165) is 17.9 Å². The summed E-state index contributed by atoms with van der Waals surface area (Å²) in [5, 5.41) is 16.9. The molecule has 1 fully saturated rings. The molecule has 0 bridgehead atoms. The second kappa shape index (κ2) is 9.57. The Bertz CT molecular complexity index is 684. The Hall–Kier alpha value is -2.08. The van der Waals surface area contributed by atoms with Crippen molar-refractivity contribution in [3.63, 3.8) is 0 Å². The zero-order valence-electron chi connectivity index (χ0n) is 14.6. The molecule has 2 atom stereocenters. The van der Waals surface area contributed by atoms with Crippen molar-refractivity contribution >= 4 is 18.3 Å². The maximum atomic E-state index is 12.5. The summed E-state index contributed by atoms with van der Waals surface area (Å²) in [6.45, 7) is 1.50. The van der Waals surface area contributed by atoms with E-state index in [-0.39, 0.29) is 24.7 Å². The van der Waals surface area contributed by atoms with Gasteiger partial charge in [0, 0.05) is 6.54 Å². The molecule has 1 amide bonds. The van der Waals surface area contributed by atoms with Gasteiger partial charge in [0.1, 0.15) is 5.75 Å². The number of aliphatic hydroxyl groups excluding tert-OH is 1. The Balaban J connectivity index is 0.00000243. The van der Waals surface area contributed by atoms with E-state index in [1.165, 1.54) is 0 Å². The number of carbonyl (C=O) groups excluding carboxylic acids is 1. The highest BCUT2D eigenvalue weighted by molar-refractivity contribution is 5.85. The van der Waals surface area contributed by atoms with Crippen molar-refractivity contribution in [1.29, 1.82) is 0 Å². The summed E-state index contributed by atoms with van der Waals surface area (Å²) in [7, 11) is 0. The van der Waals surface area contributed by atoms with Crippen molar-refractivity contribution in [2.75, 3.05) is 19.7 Å². The summed E-state index contributed by atoms with van der Waals surface area (Å²) in [6.07, 6.45) is 0.204. The Morgan fingerprint density at radius 2 is 1.81 bits per heavy atom. The predicted octanol–water partition coefficient (Wildman–Crippen LogP) is 2.24. The van der Waals surface area contributed by atoms with E-state index in [0.29, 0.717) is 19.6 Å². The number of amides is 1. The molecule has 1 saturated heterocycles. The minimum atomic E-state index is -0.754. The Labute approximate surface area is 160 Å². The van der Waals surface area contributed by atoms with Crippen LogP contribution in [0, 0.1) is 0 Å². The molecular formula is C20H25ClN2O3. The smallest absolute Gasteiger partial charge is 0.224 e. The minimum Gasteiger partial charge on any atom is -0.493 e. The largest absolute Gasteiger partial charge is 0.493 e. The summed E-state index contributed by atoms with van der Waals surface area (Å²) >= 11 is 0. The molecule has 1 aliphatic rings. The fourth-order valence-electron chi connectivity index (χ4n) is 3.25. The van der Waals surface area contributed by atoms with Gasteiger partial charge in [0.05, 0.1) is 24.7 Å². The van der Waals surface area contributed by atoms with Crippen molar-refractivity contribution in [3.8, 4) is 5.75 Å². The van der Waals surface area contributed by atoms with Gasteiger partial charge in [-0.05, 0) is 30.7 Å². The Morgan fingerprint density at radius 1 is 1.15 bits per heavy atom. The van der Waals surface area contributed by atoms with Crippen LogP contribution in [0.5, 0.6) is 5.75 Å². The number of carbonyl (C=O) groups is 1. The number of aliphatic hydroxyl groups is 1. The maximum absolute atomic E-state index is 12.5. The second-order valence-electron chi connectivity index (χ2n) is 6.27. The van der Waals surface area contributed by atoms with Crippen LogP contribution in [0.15, 0.2) is 60.7 Å². The molecular weight excluding hydrogens is 352 g/mol. The lowest BCUT2D eigenvalue weighted by Gasteiger charge is -2.43. The lowest BCUT2D eigenvalue weighted by Crippen LogP contribution is -2.61. The highest BCUT2D eigenvalue weighted by atomic mass is 35.5. The molecule has 0 unspecified atom stereocenters. The zero-order chi connectivity index (χ0) is 17.5. The molecule has 0 aliphatic carbocycles. The van der Waals surface area contributed by atoms with E-state index in [9.17, 15) is 9.90 Å². The van der Waals surface area contributed by atoms with Crippen LogP contribution in [-0.2, 0) is 10.3 Å². The van der Waals surface area contributed by atoms with Crippen molar-refractivity contribution in [2.24, 2.45) is 0 Å². The third-order valence-electron chi connectivity index (χ3n) is 4.60. The Morgan fingerprint density at radius 3 is 2.46 bits per heavy atom. The molecule has 3 rings (SSSR count). The van der Waals surface area contributed by atoms with Gasteiger partial charge in [-0.1, -0.05) is 48.5 Å². The van der Waals surface area contributed by atoms with Gasteiger partial charge in [0.2, 0.25) is 5.91 Å². The monoisotopic (exact) mass is 376 g/mol. The molecule has 0 aromatic heterocycles. The number of halogens is 1. The number of ether oxygens (including phenoxy) is 1. The highest BCUT2D eigenvalue weighted by Crippen LogP contribution is 2.31. The van der Waals surface area contributed by atoms with Crippen LogP contribution in [0.2, 0.25) is 0 Å². The van der Waals surface area contributed by atoms with Gasteiger partial charge in [-0.25, -0.2) is 0 Å². The molecule has 140 valence electrons. The second-order valence-corrected chi connectivity index (χ2v) is 6.27. The van der Waals surface area contributed by atoms with Crippen LogP contribution < -0.4 is 15.4 Å². The third-order valence-corrected chi connectivity index (χ3v) is 4.60. The zero-order valence-corrected chi connectivity index (χ0v) is 15.4. The number of rotatable bonds is 6. The first-order chi connectivity index (χ1) is 12.2. The molecule has 0 saturated carbocycles. The van der Waals surface area contributed by atoms with E-state index >= 15 is 0 Å². The number of para-hydroxylation sites is 1. The lowest BCUT2D eigenvalue weighted by molar-refractivity contribution is -0.126. The summed E-state index contributed by atoms with van der Waals surface area (Å²) in [6, 6.07) is 19.1. The van der Waals surface area contributed by atoms with E-state index < -0.39 is 11.6 Å². The molecule has 2 aromatic rings. The van der Waals surface area contributed by atoms with Crippen molar-refractivity contribution in [3.05, 3.63) is 66.2 Å². The number of piperidine rings is 1. The summed E-state index contributed by atoms with van der Waals surface area (Å²) in [5.74, 6) is 0.621. The van der Waals surface area contributed by atoms with Crippen LogP contribution >= 0.6 is 12.4 Å². The number of hydrogen-bond acceptors (Lipinski definition) is 4. The van der Waals surface area contributed by atoms with Gasteiger partial charge < -0.3 is 20.5 Å². The van der Waals surface area contributed by atoms with Gasteiger partial charge in [-0.3, -0.25) is 4.79 Å². The molecule has 3 N–H and O–H groups in total. The SMILES string of the molecule is Cl.O=C(CCOc1ccccc1)N[C@]1(c2ccccc2)CCNC[C@H]1O. The predicted molar refractivity (Wildman–Crippen MR) is 104 cm³/mol. The van der Waals surface area contributed by atoms with Crippen LogP contribution in [0.1, 0.15) is 18.4 Å². The first-order valence-electron chi connectivity index (χ1n) is 8.64.